The molecule has 0 unspecified atom stereocenters. The van der Waals surface area contributed by atoms with E-state index in [9.17, 15) is 57.5 Å². The van der Waals surface area contributed by atoms with E-state index in [0.29, 0.717) is 0 Å². The summed E-state index contributed by atoms with van der Waals surface area (Å²) in [5.74, 6) is -39.9. The lowest BCUT2D eigenvalue weighted by atomic mass is 9.94. The summed E-state index contributed by atoms with van der Waals surface area (Å²) in [4.78, 5) is 14.6. The van der Waals surface area contributed by atoms with Crippen molar-refractivity contribution in [2.24, 2.45) is 0 Å². The molecule has 15 heteroatoms. The van der Waals surface area contributed by atoms with Crippen LogP contribution in [0.25, 0.3) is 0 Å². The van der Waals surface area contributed by atoms with Crippen molar-refractivity contribution in [2.75, 3.05) is 0 Å². The lowest BCUT2D eigenvalue weighted by Crippen LogP contribution is -2.70. The number of nitrogens with one attached hydrogen (secondary N) is 1. The fraction of sp³-hybridized carbons (Fsp3) is 0.538. The summed E-state index contributed by atoms with van der Waals surface area (Å²) in [6, 6.07) is 2.12. The Morgan fingerprint density at radius 2 is 1.32 bits per heavy atom. The molecule has 0 aliphatic rings. The van der Waals surface area contributed by atoms with Gasteiger partial charge in [-0.15, -0.1) is 0 Å². The Hall–Kier alpha value is -2.22. The summed E-state index contributed by atoms with van der Waals surface area (Å²) in [7, 11) is 0. The molecule has 160 valence electrons. The Morgan fingerprint density at radius 3 is 1.75 bits per heavy atom. The summed E-state index contributed by atoms with van der Waals surface area (Å²) < 4.78 is 156. The van der Waals surface area contributed by atoms with Crippen molar-refractivity contribution in [1.82, 2.24) is 10.3 Å². The Bertz CT molecular complexity index is 692. The van der Waals surface area contributed by atoms with Crippen LogP contribution in [0.5, 0.6) is 0 Å². The molecule has 0 spiro atoms. The van der Waals surface area contributed by atoms with Crippen LogP contribution in [0.2, 0.25) is 0 Å². The molecule has 28 heavy (non-hydrogen) atoms. The second kappa shape index (κ2) is 7.31. The number of hydrogen-bond donors (Lipinski definition) is 1. The van der Waals surface area contributed by atoms with Crippen molar-refractivity contribution < 1.29 is 57.5 Å². The zero-order valence-electron chi connectivity index (χ0n) is 13.0. The zero-order chi connectivity index (χ0) is 22.2. The molecular weight excluding hydrogens is 428 g/mol. The van der Waals surface area contributed by atoms with Crippen LogP contribution in [0, 0.1) is 0 Å². The van der Waals surface area contributed by atoms with E-state index in [1.54, 1.807) is 0 Å². The fourth-order valence-corrected chi connectivity index (χ4v) is 1.68. The first kappa shape index (κ1) is 23.8. The van der Waals surface area contributed by atoms with E-state index in [2.05, 4.69) is 4.98 Å². The third kappa shape index (κ3) is 3.57. The average molecular weight is 436 g/mol. The van der Waals surface area contributed by atoms with E-state index in [4.69, 9.17) is 0 Å². The van der Waals surface area contributed by atoms with Gasteiger partial charge in [-0.05, 0) is 17.7 Å². The number of pyridine rings is 1. The molecule has 1 aromatic heterocycles. The Labute approximate surface area is 147 Å². The van der Waals surface area contributed by atoms with Crippen molar-refractivity contribution in [1.29, 1.82) is 0 Å². The highest BCUT2D eigenvalue weighted by Crippen LogP contribution is 2.58. The average Bonchev–Trinajstić information content (AvgIpc) is 2.59. The van der Waals surface area contributed by atoms with Gasteiger partial charge in [0.05, 0.1) is 0 Å². The molecule has 0 aromatic carbocycles. The molecule has 0 fully saturated rings. The monoisotopic (exact) mass is 436 g/mol. The highest BCUT2D eigenvalue weighted by atomic mass is 19.4. The van der Waals surface area contributed by atoms with Gasteiger partial charge in [-0.2, -0.15) is 43.9 Å². The summed E-state index contributed by atoms with van der Waals surface area (Å²) in [5, 5.41) is 1.02. The van der Waals surface area contributed by atoms with E-state index in [0.717, 1.165) is 29.8 Å². The SMILES string of the molecule is O=C(NCc1ccncc1)C(F)(F)C(F)(F)C(F)(F)C(F)(F)C(F)(F)C(F)F. The van der Waals surface area contributed by atoms with Gasteiger partial charge in [0.2, 0.25) is 0 Å². The molecule has 1 heterocycles. The number of carbonyl (C=O) groups excluding carboxylic acids is 1. The number of alkyl halides is 12. The van der Waals surface area contributed by atoms with Gasteiger partial charge >= 0.3 is 36.0 Å². The Morgan fingerprint density at radius 1 is 0.857 bits per heavy atom. The molecule has 0 bridgehead atoms. The Balaban J connectivity index is 3.20. The first-order chi connectivity index (χ1) is 12.4. The standard InChI is InChI=1S/C13H8F12N2O/c14-7(15)9(16,17)11(20,21)13(24,25)12(22,23)10(18,19)8(28)27-5-6-1-3-26-4-2-6/h1-4,7H,5H2,(H,27,28). The molecule has 1 N–H and O–H groups in total. The number of hydrogen-bond acceptors (Lipinski definition) is 2. The van der Waals surface area contributed by atoms with Crippen LogP contribution in [-0.4, -0.2) is 46.9 Å². The van der Waals surface area contributed by atoms with Crippen LogP contribution < -0.4 is 5.32 Å². The highest BCUT2D eigenvalue weighted by molar-refractivity contribution is 5.84. The minimum atomic E-state index is -7.74. The van der Waals surface area contributed by atoms with Gasteiger partial charge in [0, 0.05) is 18.9 Å². The van der Waals surface area contributed by atoms with Crippen molar-refractivity contribution in [3.05, 3.63) is 30.1 Å². The van der Waals surface area contributed by atoms with E-state index < -0.39 is 48.5 Å². The second-order valence-electron chi connectivity index (χ2n) is 5.26. The van der Waals surface area contributed by atoms with Crippen LogP contribution in [0.3, 0.4) is 0 Å². The van der Waals surface area contributed by atoms with E-state index >= 15 is 0 Å². The van der Waals surface area contributed by atoms with Gasteiger partial charge in [0.1, 0.15) is 0 Å². The maximum absolute atomic E-state index is 13.5. The van der Waals surface area contributed by atoms with Gasteiger partial charge in [-0.25, -0.2) is 8.78 Å². The number of aromatic nitrogens is 1. The maximum atomic E-state index is 13.5. The molecular formula is C13H8F12N2O. The third-order valence-electron chi connectivity index (χ3n) is 3.36. The second-order valence-corrected chi connectivity index (χ2v) is 5.26. The lowest BCUT2D eigenvalue weighted by molar-refractivity contribution is -0.407. The van der Waals surface area contributed by atoms with Crippen LogP contribution in [0.4, 0.5) is 52.7 Å². The van der Waals surface area contributed by atoms with E-state index in [1.165, 1.54) is 0 Å². The number of rotatable bonds is 8. The predicted octanol–water partition coefficient (Wildman–Crippen LogP) is 4.14. The molecule has 0 saturated carbocycles. The number of amides is 1. The van der Waals surface area contributed by atoms with E-state index in [1.807, 2.05) is 0 Å². The minimum absolute atomic E-state index is 0.0659. The fourth-order valence-electron chi connectivity index (χ4n) is 1.68. The van der Waals surface area contributed by atoms with Gasteiger partial charge in [0.25, 0.3) is 5.91 Å². The maximum Gasteiger partial charge on any atom is 0.392 e. The molecule has 1 amide bonds. The molecule has 3 nitrogen and oxygen atoms in total. The molecule has 0 radical (unpaired) electrons. The van der Waals surface area contributed by atoms with Gasteiger partial charge < -0.3 is 5.32 Å². The topological polar surface area (TPSA) is 42.0 Å². The zero-order valence-corrected chi connectivity index (χ0v) is 13.0. The first-order valence-corrected chi connectivity index (χ1v) is 6.79. The predicted molar refractivity (Wildman–Crippen MR) is 66.8 cm³/mol. The third-order valence-corrected chi connectivity index (χ3v) is 3.36. The smallest absolute Gasteiger partial charge is 0.347 e. The number of carbonyl (C=O) groups is 1. The molecule has 0 saturated heterocycles. The molecule has 0 atom stereocenters. The van der Waals surface area contributed by atoms with Crippen LogP contribution in [-0.2, 0) is 11.3 Å². The van der Waals surface area contributed by atoms with Crippen LogP contribution in [0.1, 0.15) is 5.56 Å². The summed E-state index contributed by atoms with van der Waals surface area (Å²) in [6.45, 7) is -0.984. The van der Waals surface area contributed by atoms with Crippen molar-refractivity contribution in [3.8, 4) is 0 Å². The number of halogens is 12. The van der Waals surface area contributed by atoms with Crippen molar-refractivity contribution >= 4 is 5.91 Å². The van der Waals surface area contributed by atoms with Gasteiger partial charge in [0.15, 0.2) is 0 Å². The summed E-state index contributed by atoms with van der Waals surface area (Å²) in [5.41, 5.74) is -0.0659. The van der Waals surface area contributed by atoms with Crippen molar-refractivity contribution in [3.63, 3.8) is 0 Å². The highest BCUT2D eigenvalue weighted by Gasteiger charge is 2.89. The molecule has 1 aromatic rings. The van der Waals surface area contributed by atoms with E-state index in [-0.39, 0.29) is 5.56 Å². The van der Waals surface area contributed by atoms with Crippen LogP contribution >= 0.6 is 0 Å². The molecule has 0 aliphatic carbocycles. The number of nitrogens with zero attached hydrogens (tertiary/aromatic N) is 1. The van der Waals surface area contributed by atoms with Gasteiger partial charge in [-0.1, -0.05) is 0 Å². The quantitative estimate of drug-likeness (QED) is 0.623. The van der Waals surface area contributed by atoms with Gasteiger partial charge in [-0.3, -0.25) is 9.78 Å². The largest absolute Gasteiger partial charge is 0.392 e. The van der Waals surface area contributed by atoms with Crippen LogP contribution in [0.15, 0.2) is 24.5 Å². The summed E-state index contributed by atoms with van der Waals surface area (Å²) >= 11 is 0. The first-order valence-electron chi connectivity index (χ1n) is 6.79. The lowest BCUT2D eigenvalue weighted by Gasteiger charge is -2.38. The summed E-state index contributed by atoms with van der Waals surface area (Å²) in [6.07, 6.45) is -3.50. The van der Waals surface area contributed by atoms with Crippen molar-refractivity contribution in [2.45, 2.75) is 42.6 Å². The minimum Gasteiger partial charge on any atom is -0.347 e. The normalized spacial score (nSPS) is 14.3. The molecule has 1 rings (SSSR count). The molecule has 0 aliphatic heterocycles. The Kier molecular flexibility index (Phi) is 6.22.